The Morgan fingerprint density at radius 2 is 1.55 bits per heavy atom. The molecule has 0 unspecified atom stereocenters. The number of alkyl carbamates (subject to hydrolysis) is 1. The molecular weight excluding hydrogens is 654 g/mol. The second-order valence-electron chi connectivity index (χ2n) is 9.19. The molecule has 15 nitrogen and oxygen atoms in total. The molecule has 236 valence electrons. The Balaban J connectivity index is 2.02. The molecular formula is C28H28BrNO14. The standard InChI is InChI=1S/C28H28BrNO14/c1-6-7-30-28(36)38-11-17-8-23(35)42-20-10-21(19(29)9-18(17)20)43-27-26(41-16(5)34)25(40-15(4)33)24(39-14(3)32)22(44-27)12-37-13(2)31/h1,8-10,22,24-27H,7,11-12H2,2-5H3,(H,30,36)/t22-,24+,25+,26-,27-/m1/s1. The van der Waals surface area contributed by atoms with Crippen LogP contribution in [0.1, 0.15) is 33.3 Å². The van der Waals surface area contributed by atoms with E-state index < -0.39 is 72.9 Å². The quantitative estimate of drug-likeness (QED) is 0.165. The van der Waals surface area contributed by atoms with Crippen LogP contribution in [-0.4, -0.2) is 73.8 Å². The zero-order chi connectivity index (χ0) is 32.6. The van der Waals surface area contributed by atoms with Crippen LogP contribution in [0.5, 0.6) is 5.75 Å². The molecule has 44 heavy (non-hydrogen) atoms. The van der Waals surface area contributed by atoms with Crippen LogP contribution in [0.3, 0.4) is 0 Å². The SMILES string of the molecule is C#CCNC(=O)OCc1cc(=O)oc2cc(O[C@@H]3O[C@H](COC(C)=O)[C@H](OC(C)=O)[C@H](OC(C)=O)[C@H]3OC(C)=O)c(Br)cc12. The second kappa shape index (κ2) is 15.2. The number of fused-ring (bicyclic) bond motifs is 1. The van der Waals surface area contributed by atoms with E-state index in [1.807, 2.05) is 0 Å². The average Bonchev–Trinajstić information content (AvgIpc) is 2.92. The van der Waals surface area contributed by atoms with Crippen LogP contribution < -0.4 is 15.7 Å². The summed E-state index contributed by atoms with van der Waals surface area (Å²) in [4.78, 5) is 71.8. The summed E-state index contributed by atoms with van der Waals surface area (Å²) in [6.07, 6.45) is -2.80. The number of hydrogen-bond donors (Lipinski definition) is 1. The van der Waals surface area contributed by atoms with E-state index in [-0.39, 0.29) is 29.0 Å². The molecule has 16 heteroatoms. The summed E-state index contributed by atoms with van der Waals surface area (Å²) >= 11 is 3.37. The van der Waals surface area contributed by atoms with Crippen LogP contribution in [0.25, 0.3) is 11.0 Å². The molecule has 2 aromatic rings. The Hall–Kier alpha value is -4.62. The lowest BCUT2D eigenvalue weighted by atomic mass is 9.98. The topological polar surface area (TPSA) is 192 Å². The van der Waals surface area contributed by atoms with Crippen molar-refractivity contribution in [3.8, 4) is 18.1 Å². The number of amides is 1. The van der Waals surface area contributed by atoms with Crippen LogP contribution in [-0.2, 0) is 54.2 Å². The lowest BCUT2D eigenvalue weighted by Gasteiger charge is -2.44. The highest BCUT2D eigenvalue weighted by Crippen LogP contribution is 2.36. The summed E-state index contributed by atoms with van der Waals surface area (Å²) in [5.41, 5.74) is -0.448. The second-order valence-corrected chi connectivity index (χ2v) is 10.0. The molecule has 1 N–H and O–H groups in total. The van der Waals surface area contributed by atoms with E-state index in [0.29, 0.717) is 10.9 Å². The van der Waals surface area contributed by atoms with Gasteiger partial charge >= 0.3 is 35.6 Å². The summed E-state index contributed by atoms with van der Waals surface area (Å²) in [7, 11) is 0. The Morgan fingerprint density at radius 1 is 0.909 bits per heavy atom. The number of carbonyl (C=O) groups is 5. The van der Waals surface area contributed by atoms with Gasteiger partial charge in [-0.05, 0) is 22.0 Å². The van der Waals surface area contributed by atoms with Gasteiger partial charge in [-0.2, -0.15) is 0 Å². The summed E-state index contributed by atoms with van der Waals surface area (Å²) in [5, 5.41) is 2.70. The minimum absolute atomic E-state index is 0.00591. The maximum atomic E-state index is 12.3. The first-order chi connectivity index (χ1) is 20.8. The van der Waals surface area contributed by atoms with Crippen molar-refractivity contribution in [2.24, 2.45) is 0 Å². The van der Waals surface area contributed by atoms with E-state index in [1.165, 1.54) is 12.1 Å². The van der Waals surface area contributed by atoms with Crippen LogP contribution in [0.2, 0.25) is 0 Å². The van der Waals surface area contributed by atoms with Crippen molar-refractivity contribution in [1.82, 2.24) is 5.32 Å². The Morgan fingerprint density at radius 3 is 2.16 bits per heavy atom. The summed E-state index contributed by atoms with van der Waals surface area (Å²) in [5.74, 6) is -0.861. The van der Waals surface area contributed by atoms with E-state index in [9.17, 15) is 28.8 Å². The lowest BCUT2D eigenvalue weighted by molar-refractivity contribution is -0.288. The van der Waals surface area contributed by atoms with Crippen molar-refractivity contribution in [1.29, 1.82) is 0 Å². The first-order valence-electron chi connectivity index (χ1n) is 12.9. The number of benzene rings is 1. The van der Waals surface area contributed by atoms with Gasteiger partial charge in [0.1, 0.15) is 30.7 Å². The first kappa shape index (κ1) is 33.9. The predicted octanol–water partition coefficient (Wildman–Crippen LogP) is 1.88. The summed E-state index contributed by atoms with van der Waals surface area (Å²) in [6, 6.07) is 3.97. The van der Waals surface area contributed by atoms with E-state index in [4.69, 9.17) is 44.0 Å². The van der Waals surface area contributed by atoms with Gasteiger partial charge < -0.3 is 42.9 Å². The molecule has 0 saturated carbocycles. The molecule has 1 aromatic carbocycles. The number of esters is 4. The molecule has 1 aliphatic heterocycles. The van der Waals surface area contributed by atoms with Gasteiger partial charge in [-0.3, -0.25) is 19.2 Å². The van der Waals surface area contributed by atoms with Gasteiger partial charge in [-0.25, -0.2) is 9.59 Å². The molecule has 1 amide bonds. The minimum Gasteiger partial charge on any atom is -0.463 e. The van der Waals surface area contributed by atoms with E-state index in [2.05, 4.69) is 27.2 Å². The Kier molecular flexibility index (Phi) is 11.7. The van der Waals surface area contributed by atoms with Gasteiger partial charge in [-0.1, -0.05) is 5.92 Å². The fourth-order valence-corrected chi connectivity index (χ4v) is 4.60. The fraction of sp³-hybridized carbons (Fsp3) is 0.429. The van der Waals surface area contributed by atoms with Gasteiger partial charge in [0.15, 0.2) is 12.2 Å². The third kappa shape index (κ3) is 9.19. The van der Waals surface area contributed by atoms with Gasteiger partial charge in [0, 0.05) is 50.8 Å². The highest BCUT2D eigenvalue weighted by Gasteiger charge is 2.53. The first-order valence-corrected chi connectivity index (χ1v) is 13.7. The number of carbonyl (C=O) groups excluding carboxylic acids is 5. The monoisotopic (exact) mass is 681 g/mol. The maximum absolute atomic E-state index is 12.3. The fourth-order valence-electron chi connectivity index (χ4n) is 4.16. The lowest BCUT2D eigenvalue weighted by Crippen LogP contribution is -2.63. The van der Waals surface area contributed by atoms with Crippen molar-refractivity contribution >= 4 is 56.9 Å². The number of nitrogens with one attached hydrogen (secondary N) is 1. The number of ether oxygens (including phenoxy) is 7. The van der Waals surface area contributed by atoms with Gasteiger partial charge in [-0.15, -0.1) is 6.42 Å². The number of terminal acetylenes is 1. The minimum atomic E-state index is -1.54. The van der Waals surface area contributed by atoms with Crippen molar-refractivity contribution in [3.05, 3.63) is 38.7 Å². The summed E-state index contributed by atoms with van der Waals surface area (Å²) in [6.45, 7) is 3.61. The molecule has 5 atom stereocenters. The normalized spacial score (nSPS) is 20.9. The van der Waals surface area contributed by atoms with E-state index in [0.717, 1.165) is 33.8 Å². The zero-order valence-corrected chi connectivity index (χ0v) is 25.5. The molecule has 2 heterocycles. The molecule has 1 aliphatic rings. The van der Waals surface area contributed by atoms with Gasteiger partial charge in [0.05, 0.1) is 11.0 Å². The highest BCUT2D eigenvalue weighted by molar-refractivity contribution is 9.10. The molecule has 0 bridgehead atoms. The third-order valence-electron chi connectivity index (χ3n) is 5.77. The number of hydrogen-bond acceptors (Lipinski definition) is 14. The average molecular weight is 682 g/mol. The Bertz CT molecular complexity index is 1530. The highest BCUT2D eigenvalue weighted by atomic mass is 79.9. The summed E-state index contributed by atoms with van der Waals surface area (Å²) < 4.78 is 43.9. The van der Waals surface area contributed by atoms with Crippen LogP contribution in [0, 0.1) is 12.3 Å². The van der Waals surface area contributed by atoms with E-state index >= 15 is 0 Å². The Labute approximate surface area is 258 Å². The van der Waals surface area contributed by atoms with Crippen molar-refractivity contribution in [3.63, 3.8) is 0 Å². The number of halogens is 1. The third-order valence-corrected chi connectivity index (χ3v) is 6.39. The predicted molar refractivity (Wildman–Crippen MR) is 150 cm³/mol. The van der Waals surface area contributed by atoms with Crippen LogP contribution >= 0.6 is 15.9 Å². The largest absolute Gasteiger partial charge is 0.463 e. The molecule has 1 aromatic heterocycles. The van der Waals surface area contributed by atoms with Crippen LogP contribution in [0.4, 0.5) is 4.79 Å². The van der Waals surface area contributed by atoms with Crippen molar-refractivity contribution in [2.75, 3.05) is 13.2 Å². The van der Waals surface area contributed by atoms with Crippen molar-refractivity contribution in [2.45, 2.75) is 65.0 Å². The molecule has 3 rings (SSSR count). The van der Waals surface area contributed by atoms with Gasteiger partial charge in [0.2, 0.25) is 12.4 Å². The molecule has 0 radical (unpaired) electrons. The van der Waals surface area contributed by atoms with Gasteiger partial charge in [0.25, 0.3) is 0 Å². The molecule has 1 saturated heterocycles. The van der Waals surface area contributed by atoms with E-state index in [1.54, 1.807) is 0 Å². The number of rotatable bonds is 10. The van der Waals surface area contributed by atoms with Crippen molar-refractivity contribution < 1.29 is 61.5 Å². The molecule has 0 aliphatic carbocycles. The maximum Gasteiger partial charge on any atom is 0.408 e. The van der Waals surface area contributed by atoms with Crippen LogP contribution in [0.15, 0.2) is 31.9 Å². The smallest absolute Gasteiger partial charge is 0.408 e. The molecule has 1 fully saturated rings. The molecule has 0 spiro atoms. The zero-order valence-electron chi connectivity index (χ0n) is 23.9.